The second-order valence-electron chi connectivity index (χ2n) is 7.60. The van der Waals surface area contributed by atoms with Crippen LogP contribution in [0.4, 0.5) is 8.78 Å². The molecule has 2 aliphatic rings. The van der Waals surface area contributed by atoms with E-state index in [4.69, 9.17) is 0 Å². The molecule has 27 heavy (non-hydrogen) atoms. The highest BCUT2D eigenvalue weighted by atomic mass is 19.1. The number of fused-ring (bicyclic) bond motifs is 1. The van der Waals surface area contributed by atoms with Crippen molar-refractivity contribution in [2.75, 3.05) is 13.1 Å². The number of rotatable bonds is 4. The molecule has 1 amide bonds. The zero-order chi connectivity index (χ0) is 18.8. The minimum atomic E-state index is -0.485. The number of nitrogens with zero attached hydrogens (tertiary/aromatic N) is 2. The highest BCUT2D eigenvalue weighted by molar-refractivity contribution is 5.77. The Balaban J connectivity index is 1.45. The predicted octanol–water partition coefficient (Wildman–Crippen LogP) is 3.98. The number of amides is 1. The number of carbonyl (C=O) groups is 1. The van der Waals surface area contributed by atoms with Crippen molar-refractivity contribution < 1.29 is 13.6 Å². The van der Waals surface area contributed by atoms with Gasteiger partial charge in [0.2, 0.25) is 5.91 Å². The van der Waals surface area contributed by atoms with Crippen molar-refractivity contribution >= 4 is 5.91 Å². The van der Waals surface area contributed by atoms with Gasteiger partial charge >= 0.3 is 0 Å². The standard InChI is InChI=1S/C22H24F2N2O/c23-19-7-4-8-20(24)18(19)15-25-12-11-21-17(14-25)9-10-22(27)26(21)13-16-5-2-1-3-6-16/h1-8,17,21H,9-15H2/t17-,21+/m1/s1. The number of likely N-dealkylation sites (tertiary alicyclic amines) is 2. The number of hydrogen-bond acceptors (Lipinski definition) is 2. The van der Waals surface area contributed by atoms with Gasteiger partial charge in [0, 0.05) is 44.2 Å². The van der Waals surface area contributed by atoms with Crippen LogP contribution in [0, 0.1) is 17.6 Å². The Hall–Kier alpha value is -2.27. The molecule has 2 aromatic rings. The fourth-order valence-corrected chi connectivity index (χ4v) is 4.46. The quantitative estimate of drug-likeness (QED) is 0.813. The molecule has 3 nitrogen and oxygen atoms in total. The summed E-state index contributed by atoms with van der Waals surface area (Å²) in [7, 11) is 0. The SMILES string of the molecule is O=C1CC[C@@H]2CN(Cc3c(F)cccc3F)CC[C@@H]2N1Cc1ccccc1. The van der Waals surface area contributed by atoms with E-state index >= 15 is 0 Å². The van der Waals surface area contributed by atoms with Crippen molar-refractivity contribution in [3.05, 3.63) is 71.3 Å². The molecule has 0 aromatic heterocycles. The van der Waals surface area contributed by atoms with Gasteiger partial charge in [-0.25, -0.2) is 8.78 Å². The van der Waals surface area contributed by atoms with E-state index in [2.05, 4.69) is 4.90 Å². The summed E-state index contributed by atoms with van der Waals surface area (Å²) in [5.74, 6) is -0.396. The molecular weight excluding hydrogens is 346 g/mol. The zero-order valence-electron chi connectivity index (χ0n) is 15.3. The number of halogens is 2. The van der Waals surface area contributed by atoms with E-state index in [1.54, 1.807) is 0 Å². The lowest BCUT2D eigenvalue weighted by Gasteiger charge is -2.47. The summed E-state index contributed by atoms with van der Waals surface area (Å²) in [4.78, 5) is 16.7. The molecule has 0 radical (unpaired) electrons. The molecule has 4 rings (SSSR count). The molecule has 0 aliphatic carbocycles. The maximum atomic E-state index is 14.0. The third kappa shape index (κ3) is 3.88. The van der Waals surface area contributed by atoms with E-state index < -0.39 is 11.6 Å². The minimum Gasteiger partial charge on any atom is -0.335 e. The Bertz CT molecular complexity index is 791. The highest BCUT2D eigenvalue weighted by Crippen LogP contribution is 2.33. The Kier molecular flexibility index (Phi) is 5.21. The Morgan fingerprint density at radius 1 is 0.926 bits per heavy atom. The molecule has 2 fully saturated rings. The van der Waals surface area contributed by atoms with Crippen molar-refractivity contribution in [2.45, 2.75) is 38.4 Å². The monoisotopic (exact) mass is 370 g/mol. The summed E-state index contributed by atoms with van der Waals surface area (Å²) >= 11 is 0. The second kappa shape index (κ2) is 7.77. The van der Waals surface area contributed by atoms with Crippen LogP contribution in [0.3, 0.4) is 0 Å². The van der Waals surface area contributed by atoms with Gasteiger partial charge in [-0.15, -0.1) is 0 Å². The maximum Gasteiger partial charge on any atom is 0.223 e. The van der Waals surface area contributed by atoms with E-state index in [0.29, 0.717) is 18.9 Å². The molecule has 2 heterocycles. The van der Waals surface area contributed by atoms with Crippen LogP contribution >= 0.6 is 0 Å². The molecule has 5 heteroatoms. The first kappa shape index (κ1) is 18.1. The van der Waals surface area contributed by atoms with Gasteiger partial charge in [-0.3, -0.25) is 9.69 Å². The Labute approximate surface area is 158 Å². The van der Waals surface area contributed by atoms with E-state index in [0.717, 1.165) is 31.5 Å². The van der Waals surface area contributed by atoms with Crippen molar-refractivity contribution in [3.63, 3.8) is 0 Å². The lowest BCUT2D eigenvalue weighted by Crippen LogP contribution is -2.55. The molecule has 0 bridgehead atoms. The number of benzene rings is 2. The van der Waals surface area contributed by atoms with Crippen LogP contribution in [0.25, 0.3) is 0 Å². The van der Waals surface area contributed by atoms with Crippen molar-refractivity contribution in [1.29, 1.82) is 0 Å². The first-order chi connectivity index (χ1) is 13.1. The third-order valence-electron chi connectivity index (χ3n) is 5.87. The topological polar surface area (TPSA) is 23.6 Å². The summed E-state index contributed by atoms with van der Waals surface area (Å²) in [5.41, 5.74) is 1.28. The zero-order valence-corrected chi connectivity index (χ0v) is 15.3. The van der Waals surface area contributed by atoms with Gasteiger partial charge in [0.25, 0.3) is 0 Å². The van der Waals surface area contributed by atoms with E-state index in [1.165, 1.54) is 18.2 Å². The normalized spacial score (nSPS) is 23.3. The second-order valence-corrected chi connectivity index (χ2v) is 7.60. The first-order valence-electron chi connectivity index (χ1n) is 9.60. The van der Waals surface area contributed by atoms with Crippen LogP contribution in [0.2, 0.25) is 0 Å². The number of carbonyl (C=O) groups excluding carboxylic acids is 1. The summed E-state index contributed by atoms with van der Waals surface area (Å²) in [6.45, 7) is 2.45. The van der Waals surface area contributed by atoms with Crippen LogP contribution in [-0.2, 0) is 17.9 Å². The van der Waals surface area contributed by atoms with Gasteiger partial charge < -0.3 is 4.90 Å². The van der Waals surface area contributed by atoms with Gasteiger partial charge in [-0.2, -0.15) is 0 Å². The average molecular weight is 370 g/mol. The molecule has 0 saturated carbocycles. The third-order valence-corrected chi connectivity index (χ3v) is 5.87. The van der Waals surface area contributed by atoms with E-state index in [9.17, 15) is 13.6 Å². The first-order valence-corrected chi connectivity index (χ1v) is 9.60. The molecule has 0 spiro atoms. The summed E-state index contributed by atoms with van der Waals surface area (Å²) < 4.78 is 27.9. The average Bonchev–Trinajstić information content (AvgIpc) is 2.68. The molecule has 0 unspecified atom stereocenters. The maximum absolute atomic E-state index is 14.0. The summed E-state index contributed by atoms with van der Waals surface area (Å²) in [6.07, 6.45) is 2.25. The molecular formula is C22H24F2N2O. The molecule has 0 N–H and O–H groups in total. The highest BCUT2D eigenvalue weighted by Gasteiger charge is 2.39. The summed E-state index contributed by atoms with van der Waals surface area (Å²) in [5, 5.41) is 0. The number of hydrogen-bond donors (Lipinski definition) is 0. The molecule has 2 atom stereocenters. The van der Waals surface area contributed by atoms with Crippen LogP contribution < -0.4 is 0 Å². The largest absolute Gasteiger partial charge is 0.335 e. The van der Waals surface area contributed by atoms with E-state index in [1.807, 2.05) is 35.2 Å². The van der Waals surface area contributed by atoms with Gasteiger partial charge in [0.1, 0.15) is 11.6 Å². The van der Waals surface area contributed by atoms with Crippen LogP contribution in [0.15, 0.2) is 48.5 Å². The smallest absolute Gasteiger partial charge is 0.223 e. The fraction of sp³-hybridized carbons (Fsp3) is 0.409. The summed E-state index contributed by atoms with van der Waals surface area (Å²) in [6, 6.07) is 14.3. The van der Waals surface area contributed by atoms with Crippen molar-refractivity contribution in [1.82, 2.24) is 9.80 Å². The predicted molar refractivity (Wildman–Crippen MR) is 99.8 cm³/mol. The molecule has 2 aromatic carbocycles. The Morgan fingerprint density at radius 2 is 1.67 bits per heavy atom. The van der Waals surface area contributed by atoms with Gasteiger partial charge in [-0.1, -0.05) is 36.4 Å². The van der Waals surface area contributed by atoms with Crippen LogP contribution in [0.5, 0.6) is 0 Å². The minimum absolute atomic E-state index is 0.143. The Morgan fingerprint density at radius 3 is 2.41 bits per heavy atom. The van der Waals surface area contributed by atoms with Crippen LogP contribution in [-0.4, -0.2) is 34.8 Å². The van der Waals surface area contributed by atoms with Crippen molar-refractivity contribution in [3.8, 4) is 0 Å². The molecule has 142 valence electrons. The van der Waals surface area contributed by atoms with Gasteiger partial charge in [0.15, 0.2) is 0 Å². The van der Waals surface area contributed by atoms with Gasteiger partial charge in [-0.05, 0) is 36.5 Å². The fourth-order valence-electron chi connectivity index (χ4n) is 4.46. The van der Waals surface area contributed by atoms with Crippen molar-refractivity contribution in [2.24, 2.45) is 5.92 Å². The van der Waals surface area contributed by atoms with Gasteiger partial charge in [0.05, 0.1) is 0 Å². The molecule has 2 saturated heterocycles. The molecule has 2 aliphatic heterocycles. The lowest BCUT2D eigenvalue weighted by atomic mass is 9.83. The van der Waals surface area contributed by atoms with E-state index in [-0.39, 0.29) is 24.1 Å². The number of piperidine rings is 2. The lowest BCUT2D eigenvalue weighted by molar-refractivity contribution is -0.142. The van der Waals surface area contributed by atoms with Crippen LogP contribution in [0.1, 0.15) is 30.4 Å².